The van der Waals surface area contributed by atoms with Crippen LogP contribution in [-0.4, -0.2) is 36.2 Å². The Balaban J connectivity index is 1.64. The van der Waals surface area contributed by atoms with Gasteiger partial charge in [-0.15, -0.1) is 0 Å². The molecule has 0 radical (unpaired) electrons. The summed E-state index contributed by atoms with van der Waals surface area (Å²) in [6, 6.07) is 7.73. The van der Waals surface area contributed by atoms with E-state index in [9.17, 15) is 14.7 Å². The molecule has 1 aromatic rings. The molecule has 3 rings (SSSR count). The molecule has 0 aromatic heterocycles. The zero-order chi connectivity index (χ0) is 26.0. The van der Waals surface area contributed by atoms with Crippen molar-refractivity contribution < 1.29 is 19.4 Å². The molecule has 2 aliphatic carbocycles. The number of nitrogens with one attached hydrogen (secondary N) is 2. The van der Waals surface area contributed by atoms with Crippen LogP contribution in [0.4, 0.5) is 0 Å². The number of amides is 2. The molecular weight excluding hydrogens is 440 g/mol. The van der Waals surface area contributed by atoms with Crippen LogP contribution >= 0.6 is 0 Å². The second-order valence-corrected chi connectivity index (χ2v) is 12.5. The third kappa shape index (κ3) is 6.58. The molecular formula is C29H46N2O4. The van der Waals surface area contributed by atoms with Crippen molar-refractivity contribution in [2.24, 2.45) is 34.5 Å². The molecule has 1 aromatic carbocycles. The number of methoxy groups -OCH3 is 1. The number of aliphatic hydroxyl groups is 1. The van der Waals surface area contributed by atoms with Crippen molar-refractivity contribution in [3.8, 4) is 5.75 Å². The fourth-order valence-electron chi connectivity index (χ4n) is 6.53. The summed E-state index contributed by atoms with van der Waals surface area (Å²) in [6.07, 6.45) is 3.72. The molecule has 0 heterocycles. The van der Waals surface area contributed by atoms with Crippen LogP contribution in [0.25, 0.3) is 0 Å². The second-order valence-electron chi connectivity index (χ2n) is 12.5. The summed E-state index contributed by atoms with van der Waals surface area (Å²) in [5, 5.41) is 17.9. The first-order valence-corrected chi connectivity index (χ1v) is 13.2. The van der Waals surface area contributed by atoms with Crippen LogP contribution in [-0.2, 0) is 16.1 Å². The summed E-state index contributed by atoms with van der Waals surface area (Å²) < 4.78 is 5.20. The van der Waals surface area contributed by atoms with Crippen molar-refractivity contribution in [2.75, 3.05) is 7.11 Å². The average Bonchev–Trinajstić information content (AvgIpc) is 2.78. The fourth-order valence-corrected chi connectivity index (χ4v) is 6.53. The zero-order valence-electron chi connectivity index (χ0n) is 22.7. The lowest BCUT2D eigenvalue weighted by Gasteiger charge is -2.56. The Morgan fingerprint density at radius 2 is 1.80 bits per heavy atom. The normalized spacial score (nSPS) is 31.7. The number of benzene rings is 1. The third-order valence-electron chi connectivity index (χ3n) is 8.61. The first-order valence-electron chi connectivity index (χ1n) is 13.2. The minimum atomic E-state index is -0.562. The van der Waals surface area contributed by atoms with E-state index in [1.54, 1.807) is 7.11 Å². The molecule has 0 aliphatic heterocycles. The molecule has 196 valence electrons. The molecule has 6 heteroatoms. The van der Waals surface area contributed by atoms with Crippen LogP contribution in [0.2, 0.25) is 0 Å². The van der Waals surface area contributed by atoms with Crippen molar-refractivity contribution in [3.05, 3.63) is 29.8 Å². The molecule has 0 spiro atoms. The second kappa shape index (κ2) is 10.9. The van der Waals surface area contributed by atoms with E-state index < -0.39 is 6.10 Å². The van der Waals surface area contributed by atoms with Crippen LogP contribution < -0.4 is 15.4 Å². The molecule has 2 aliphatic rings. The molecule has 6 nitrogen and oxygen atoms in total. The number of hydrogen-bond acceptors (Lipinski definition) is 4. The topological polar surface area (TPSA) is 87.7 Å². The number of aliphatic hydroxyl groups excluding tert-OH is 1. The van der Waals surface area contributed by atoms with Gasteiger partial charge in [-0.05, 0) is 72.0 Å². The highest BCUT2D eigenvalue weighted by molar-refractivity contribution is 5.78. The molecule has 2 amide bonds. The molecule has 0 unspecified atom stereocenters. The van der Waals surface area contributed by atoms with Crippen molar-refractivity contribution >= 4 is 11.8 Å². The Hall–Kier alpha value is -2.08. The number of ether oxygens (including phenoxy) is 1. The summed E-state index contributed by atoms with van der Waals surface area (Å²) in [5.41, 5.74) is 0.998. The van der Waals surface area contributed by atoms with Gasteiger partial charge >= 0.3 is 0 Å². The van der Waals surface area contributed by atoms with Crippen molar-refractivity contribution in [1.29, 1.82) is 0 Å². The van der Waals surface area contributed by atoms with Crippen LogP contribution in [0.3, 0.4) is 0 Å². The maximum Gasteiger partial charge on any atom is 0.223 e. The predicted octanol–water partition coefficient (Wildman–Crippen LogP) is 4.69. The van der Waals surface area contributed by atoms with Crippen LogP contribution in [0, 0.1) is 34.5 Å². The van der Waals surface area contributed by atoms with Crippen LogP contribution in [0.1, 0.15) is 79.2 Å². The van der Waals surface area contributed by atoms with E-state index in [4.69, 9.17) is 4.74 Å². The quantitative estimate of drug-likeness (QED) is 0.522. The van der Waals surface area contributed by atoms with E-state index in [0.29, 0.717) is 13.0 Å². The fraction of sp³-hybridized carbons (Fsp3) is 0.724. The van der Waals surface area contributed by atoms with Gasteiger partial charge < -0.3 is 20.5 Å². The van der Waals surface area contributed by atoms with Gasteiger partial charge in [-0.25, -0.2) is 0 Å². The van der Waals surface area contributed by atoms with Gasteiger partial charge in [0, 0.05) is 24.9 Å². The number of rotatable bonds is 7. The third-order valence-corrected chi connectivity index (χ3v) is 8.61. The van der Waals surface area contributed by atoms with Gasteiger partial charge in [0.25, 0.3) is 0 Å². The van der Waals surface area contributed by atoms with Crippen LogP contribution in [0.15, 0.2) is 24.3 Å². The Morgan fingerprint density at radius 3 is 2.40 bits per heavy atom. The van der Waals surface area contributed by atoms with Crippen molar-refractivity contribution in [1.82, 2.24) is 10.6 Å². The Bertz CT molecular complexity index is 878. The summed E-state index contributed by atoms with van der Waals surface area (Å²) >= 11 is 0. The summed E-state index contributed by atoms with van der Waals surface area (Å²) in [5.74, 6) is 0.706. The Morgan fingerprint density at radius 1 is 1.17 bits per heavy atom. The number of carbonyl (C=O) groups is 2. The highest BCUT2D eigenvalue weighted by Gasteiger charge is 2.53. The standard InChI is InChI=1S/C29H46N2O4/c1-18(27(34)30-17-20-8-10-21(35-7)11-9-20)22-12-14-29(6)15-13-23(19(2)25(29)26(22)33)31-24(32)16-28(3,4)5/h8-11,18-19,22-23,25-26,33H,12-17H2,1-7H3,(H,30,34)(H,31,32)/t18-,19-,22-,23-,25+,26-,29+/m0/s1. The monoisotopic (exact) mass is 486 g/mol. The van der Waals surface area contributed by atoms with Gasteiger partial charge in [-0.3, -0.25) is 9.59 Å². The van der Waals surface area contributed by atoms with Crippen molar-refractivity contribution in [3.63, 3.8) is 0 Å². The molecule has 0 bridgehead atoms. The highest BCUT2D eigenvalue weighted by atomic mass is 16.5. The van der Waals surface area contributed by atoms with Gasteiger partial charge in [-0.2, -0.15) is 0 Å². The van der Waals surface area contributed by atoms with E-state index in [1.807, 2.05) is 31.2 Å². The molecule has 0 saturated heterocycles. The predicted molar refractivity (Wildman–Crippen MR) is 139 cm³/mol. The Kier molecular flexibility index (Phi) is 8.56. The van der Waals surface area contributed by atoms with Gasteiger partial charge in [0.2, 0.25) is 11.8 Å². The Labute approximate surface area is 211 Å². The van der Waals surface area contributed by atoms with Crippen molar-refractivity contribution in [2.45, 2.75) is 92.3 Å². The lowest BCUT2D eigenvalue weighted by atomic mass is 9.51. The van der Waals surface area contributed by atoms with Gasteiger partial charge in [-0.1, -0.05) is 53.7 Å². The molecule has 7 atom stereocenters. The summed E-state index contributed by atoms with van der Waals surface area (Å²) in [7, 11) is 1.63. The number of carbonyl (C=O) groups excluding carboxylic acids is 2. The van der Waals surface area contributed by atoms with Gasteiger partial charge in [0.1, 0.15) is 5.75 Å². The van der Waals surface area contributed by atoms with E-state index in [2.05, 4.69) is 45.3 Å². The van der Waals surface area contributed by atoms with Crippen LogP contribution in [0.5, 0.6) is 5.75 Å². The summed E-state index contributed by atoms with van der Waals surface area (Å²) in [6.45, 7) is 13.1. The number of hydrogen-bond donors (Lipinski definition) is 3. The largest absolute Gasteiger partial charge is 0.497 e. The molecule has 2 saturated carbocycles. The maximum atomic E-state index is 13.0. The lowest BCUT2D eigenvalue weighted by molar-refractivity contribution is -0.144. The molecule has 2 fully saturated rings. The van der Waals surface area contributed by atoms with E-state index in [0.717, 1.165) is 37.0 Å². The number of fused-ring (bicyclic) bond motifs is 1. The lowest BCUT2D eigenvalue weighted by Crippen LogP contribution is -2.58. The minimum absolute atomic E-state index is 0.0213. The average molecular weight is 487 g/mol. The van der Waals surface area contributed by atoms with Gasteiger partial charge in [0.05, 0.1) is 13.2 Å². The van der Waals surface area contributed by atoms with E-state index in [-0.39, 0.29) is 52.4 Å². The van der Waals surface area contributed by atoms with Gasteiger partial charge in [0.15, 0.2) is 0 Å². The first kappa shape index (κ1) is 27.5. The summed E-state index contributed by atoms with van der Waals surface area (Å²) in [4.78, 5) is 25.7. The minimum Gasteiger partial charge on any atom is -0.497 e. The maximum absolute atomic E-state index is 13.0. The first-order chi connectivity index (χ1) is 16.3. The molecule has 3 N–H and O–H groups in total. The van der Waals surface area contributed by atoms with E-state index in [1.165, 1.54) is 0 Å². The van der Waals surface area contributed by atoms with E-state index >= 15 is 0 Å². The molecule has 35 heavy (non-hydrogen) atoms. The highest BCUT2D eigenvalue weighted by Crippen LogP contribution is 2.55. The SMILES string of the molecule is COc1ccc(CNC(=O)[C@@H](C)[C@@H]2CC[C@]3(C)CC[C@H](NC(=O)CC(C)(C)C)[C@H](C)[C@@H]3[C@H]2O)cc1. The zero-order valence-corrected chi connectivity index (χ0v) is 22.7. The smallest absolute Gasteiger partial charge is 0.223 e.